The number of aliphatic hydroxyl groups is 1. The Hall–Kier alpha value is -1.69. The fourth-order valence-electron chi connectivity index (χ4n) is 1.59. The lowest BCUT2D eigenvalue weighted by Gasteiger charge is -2.28. The molecule has 2 N–H and O–H groups in total. The molecule has 0 atom stereocenters. The highest BCUT2D eigenvalue weighted by Gasteiger charge is 2.22. The van der Waals surface area contributed by atoms with Crippen molar-refractivity contribution in [3.05, 3.63) is 29.8 Å². The van der Waals surface area contributed by atoms with Gasteiger partial charge >= 0.3 is 6.03 Å². The predicted octanol–water partition coefficient (Wildman–Crippen LogP) is 2.59. The third-order valence-electron chi connectivity index (χ3n) is 2.44. The Balaban J connectivity index is 2.80. The number of nitrogens with zero attached hydrogens (tertiary/aromatic N) is 1. The second-order valence-corrected chi connectivity index (χ2v) is 4.86. The van der Waals surface area contributed by atoms with Crippen LogP contribution in [0.15, 0.2) is 18.2 Å². The van der Waals surface area contributed by atoms with E-state index in [1.807, 2.05) is 0 Å². The van der Waals surface area contributed by atoms with Crippen LogP contribution in [0.1, 0.15) is 20.8 Å². The molecule has 1 rings (SSSR count). The van der Waals surface area contributed by atoms with Crippen LogP contribution in [0.2, 0.25) is 0 Å². The molecule has 0 heterocycles. The zero-order valence-corrected chi connectivity index (χ0v) is 11.2. The number of anilines is 1. The molecule has 0 aliphatic carbocycles. The Morgan fingerprint density at radius 1 is 1.42 bits per heavy atom. The Morgan fingerprint density at radius 3 is 2.58 bits per heavy atom. The van der Waals surface area contributed by atoms with Gasteiger partial charge in [0.15, 0.2) is 11.6 Å². The lowest BCUT2D eigenvalue weighted by molar-refractivity contribution is 0.0501. The van der Waals surface area contributed by atoms with E-state index in [-0.39, 0.29) is 12.2 Å². The molecule has 0 bridgehead atoms. The highest BCUT2D eigenvalue weighted by atomic mass is 19.2. The second-order valence-electron chi connectivity index (χ2n) is 4.86. The maximum atomic E-state index is 13.4. The Kier molecular flexibility index (Phi) is 4.83. The highest BCUT2D eigenvalue weighted by Crippen LogP contribution is 2.17. The van der Waals surface area contributed by atoms with Gasteiger partial charge in [-0.3, -0.25) is 0 Å². The zero-order valence-electron chi connectivity index (χ0n) is 11.2. The maximum Gasteiger partial charge on any atom is 0.322 e. The predicted molar refractivity (Wildman–Crippen MR) is 68.9 cm³/mol. The lowest BCUT2D eigenvalue weighted by atomic mass is 10.1. The number of nitrogens with one attached hydrogen (secondary N) is 1. The van der Waals surface area contributed by atoms with Gasteiger partial charge in [0.25, 0.3) is 0 Å². The number of benzene rings is 1. The van der Waals surface area contributed by atoms with E-state index in [0.29, 0.717) is 6.54 Å². The van der Waals surface area contributed by atoms with E-state index in [1.54, 1.807) is 20.8 Å². The van der Waals surface area contributed by atoms with E-state index < -0.39 is 23.3 Å². The number of likely N-dealkylation sites (N-methyl/N-ethyl adjacent to an activating group) is 1. The van der Waals surface area contributed by atoms with Crippen LogP contribution in [0.3, 0.4) is 0 Å². The first-order valence-corrected chi connectivity index (χ1v) is 5.97. The topological polar surface area (TPSA) is 52.6 Å². The van der Waals surface area contributed by atoms with Gasteiger partial charge in [0.05, 0.1) is 17.8 Å². The molecule has 0 saturated heterocycles. The Bertz CT molecular complexity index is 458. The van der Waals surface area contributed by atoms with Gasteiger partial charge in [-0.25, -0.2) is 13.6 Å². The quantitative estimate of drug-likeness (QED) is 0.885. The lowest BCUT2D eigenvalue weighted by Crippen LogP contribution is -2.44. The van der Waals surface area contributed by atoms with Gasteiger partial charge in [0.1, 0.15) is 0 Å². The van der Waals surface area contributed by atoms with Gasteiger partial charge in [-0.05, 0) is 32.9 Å². The molecule has 1 aromatic carbocycles. The minimum Gasteiger partial charge on any atom is -0.389 e. The van der Waals surface area contributed by atoms with Crippen molar-refractivity contribution in [1.29, 1.82) is 0 Å². The van der Waals surface area contributed by atoms with Gasteiger partial charge in [-0.1, -0.05) is 6.07 Å². The van der Waals surface area contributed by atoms with Crippen molar-refractivity contribution >= 4 is 11.7 Å². The SMILES string of the molecule is CCN(CC(C)(C)O)C(=O)Nc1cccc(F)c1F. The van der Waals surface area contributed by atoms with E-state index in [2.05, 4.69) is 5.32 Å². The van der Waals surface area contributed by atoms with Crippen LogP contribution in [-0.4, -0.2) is 34.7 Å². The molecule has 6 heteroatoms. The number of carbonyl (C=O) groups excluding carboxylic acids is 1. The second kappa shape index (κ2) is 5.97. The van der Waals surface area contributed by atoms with Crippen molar-refractivity contribution < 1.29 is 18.7 Å². The Labute approximate surface area is 111 Å². The summed E-state index contributed by atoms with van der Waals surface area (Å²) in [4.78, 5) is 13.2. The van der Waals surface area contributed by atoms with Crippen molar-refractivity contribution in [2.24, 2.45) is 0 Å². The van der Waals surface area contributed by atoms with E-state index in [9.17, 15) is 18.7 Å². The standard InChI is InChI=1S/C13H18F2N2O2/c1-4-17(8-13(2,3)19)12(18)16-10-7-5-6-9(14)11(10)15/h5-7,19H,4,8H2,1-3H3,(H,16,18). The van der Waals surface area contributed by atoms with Crippen LogP contribution >= 0.6 is 0 Å². The molecule has 0 radical (unpaired) electrons. The summed E-state index contributed by atoms with van der Waals surface area (Å²) in [5, 5.41) is 12.0. The molecule has 0 spiro atoms. The number of urea groups is 1. The largest absolute Gasteiger partial charge is 0.389 e. The summed E-state index contributed by atoms with van der Waals surface area (Å²) in [7, 11) is 0. The number of carbonyl (C=O) groups is 1. The van der Waals surface area contributed by atoms with Gasteiger partial charge in [-0.15, -0.1) is 0 Å². The number of amides is 2. The smallest absolute Gasteiger partial charge is 0.322 e. The molecule has 1 aromatic rings. The number of hydrogen-bond donors (Lipinski definition) is 2. The molecule has 4 nitrogen and oxygen atoms in total. The fourth-order valence-corrected chi connectivity index (χ4v) is 1.59. The molecule has 2 amide bonds. The number of halogens is 2. The van der Waals surface area contributed by atoms with Crippen LogP contribution in [0.4, 0.5) is 19.3 Å². The first-order valence-electron chi connectivity index (χ1n) is 5.97. The average molecular weight is 272 g/mol. The van der Waals surface area contributed by atoms with Crippen LogP contribution in [0.25, 0.3) is 0 Å². The van der Waals surface area contributed by atoms with Gasteiger partial charge in [-0.2, -0.15) is 0 Å². The fraction of sp³-hybridized carbons (Fsp3) is 0.462. The summed E-state index contributed by atoms with van der Waals surface area (Å²) in [6.07, 6.45) is 0. The monoisotopic (exact) mass is 272 g/mol. The molecule has 0 saturated carbocycles. The minimum atomic E-state index is -1.10. The molecule has 0 aliphatic heterocycles. The van der Waals surface area contributed by atoms with Gasteiger partial charge in [0.2, 0.25) is 0 Å². The summed E-state index contributed by atoms with van der Waals surface area (Å²) < 4.78 is 26.4. The molecule has 0 fully saturated rings. The summed E-state index contributed by atoms with van der Waals surface area (Å²) in [6, 6.07) is 2.96. The first-order chi connectivity index (χ1) is 8.74. The van der Waals surface area contributed by atoms with E-state index in [4.69, 9.17) is 0 Å². The summed E-state index contributed by atoms with van der Waals surface area (Å²) in [5.41, 5.74) is -1.28. The van der Waals surface area contributed by atoms with Crippen molar-refractivity contribution in [2.75, 3.05) is 18.4 Å². The van der Waals surface area contributed by atoms with Crippen molar-refractivity contribution in [2.45, 2.75) is 26.4 Å². The first kappa shape index (κ1) is 15.4. The van der Waals surface area contributed by atoms with E-state index in [1.165, 1.54) is 17.0 Å². The van der Waals surface area contributed by atoms with Gasteiger partial charge < -0.3 is 15.3 Å². The number of rotatable bonds is 4. The van der Waals surface area contributed by atoms with Crippen molar-refractivity contribution in [3.63, 3.8) is 0 Å². The molecular formula is C13H18F2N2O2. The molecular weight excluding hydrogens is 254 g/mol. The molecule has 0 unspecified atom stereocenters. The Morgan fingerprint density at radius 2 is 2.05 bits per heavy atom. The molecule has 0 aromatic heterocycles. The highest BCUT2D eigenvalue weighted by molar-refractivity contribution is 5.89. The molecule has 19 heavy (non-hydrogen) atoms. The third-order valence-corrected chi connectivity index (χ3v) is 2.44. The van der Waals surface area contributed by atoms with Crippen molar-refractivity contribution in [3.8, 4) is 0 Å². The average Bonchev–Trinajstić information content (AvgIpc) is 2.30. The summed E-state index contributed by atoms with van der Waals surface area (Å²) >= 11 is 0. The van der Waals surface area contributed by atoms with E-state index in [0.717, 1.165) is 6.07 Å². The molecule has 0 aliphatic rings. The normalized spacial score (nSPS) is 11.3. The maximum absolute atomic E-state index is 13.4. The zero-order chi connectivity index (χ0) is 14.6. The minimum absolute atomic E-state index is 0.0896. The third kappa shape index (κ3) is 4.48. The van der Waals surface area contributed by atoms with Crippen LogP contribution in [0, 0.1) is 11.6 Å². The van der Waals surface area contributed by atoms with Crippen LogP contribution in [-0.2, 0) is 0 Å². The van der Waals surface area contributed by atoms with Crippen molar-refractivity contribution in [1.82, 2.24) is 4.90 Å². The summed E-state index contributed by atoms with van der Waals surface area (Å²) in [5.74, 6) is -2.13. The van der Waals surface area contributed by atoms with Crippen LogP contribution < -0.4 is 5.32 Å². The van der Waals surface area contributed by atoms with Gasteiger partial charge in [0, 0.05) is 6.54 Å². The van der Waals surface area contributed by atoms with Crippen LogP contribution in [0.5, 0.6) is 0 Å². The number of hydrogen-bond acceptors (Lipinski definition) is 2. The molecule has 106 valence electrons. The summed E-state index contributed by atoms with van der Waals surface area (Å²) in [6.45, 7) is 5.28. The van der Waals surface area contributed by atoms with E-state index >= 15 is 0 Å².